The number of amides is 1. The summed E-state index contributed by atoms with van der Waals surface area (Å²) in [6.07, 6.45) is 0.627. The van der Waals surface area contributed by atoms with E-state index in [-0.39, 0.29) is 12.3 Å². The van der Waals surface area contributed by atoms with Crippen LogP contribution in [0, 0.1) is 6.92 Å². The van der Waals surface area contributed by atoms with Crippen LogP contribution in [0.1, 0.15) is 23.7 Å². The number of nitrogens with zero attached hydrogens (tertiary/aromatic N) is 4. The van der Waals surface area contributed by atoms with E-state index in [1.54, 1.807) is 0 Å². The SMILES string of the molecule is Cc1cccc(-c2nnc(SCc3noc(CCC(=O)Nc4ccccc4)n3)o2)c1. The molecule has 0 saturated carbocycles. The second-order valence-corrected chi connectivity index (χ2v) is 7.48. The van der Waals surface area contributed by atoms with E-state index >= 15 is 0 Å². The first-order valence-electron chi connectivity index (χ1n) is 9.35. The van der Waals surface area contributed by atoms with Gasteiger partial charge in [-0.3, -0.25) is 4.79 Å². The molecule has 0 unspecified atom stereocenters. The highest BCUT2D eigenvalue weighted by Gasteiger charge is 2.13. The van der Waals surface area contributed by atoms with Gasteiger partial charge in [0.2, 0.25) is 17.7 Å². The number of thioether (sulfide) groups is 1. The fourth-order valence-corrected chi connectivity index (χ4v) is 3.31. The van der Waals surface area contributed by atoms with Crippen molar-refractivity contribution in [1.82, 2.24) is 20.3 Å². The van der Waals surface area contributed by atoms with E-state index in [2.05, 4.69) is 25.7 Å². The first kappa shape index (κ1) is 19.8. The van der Waals surface area contributed by atoms with Gasteiger partial charge in [-0.05, 0) is 31.2 Å². The Bertz CT molecular complexity index is 1130. The van der Waals surface area contributed by atoms with Crippen LogP contribution in [0.15, 0.2) is 68.8 Å². The molecule has 0 spiro atoms. The quantitative estimate of drug-likeness (QED) is 0.420. The number of aromatic nitrogens is 4. The van der Waals surface area contributed by atoms with Crippen molar-refractivity contribution < 1.29 is 13.7 Å². The highest BCUT2D eigenvalue weighted by Crippen LogP contribution is 2.25. The molecule has 0 atom stereocenters. The molecule has 0 saturated heterocycles. The Balaban J connectivity index is 1.26. The number of rotatable bonds is 8. The van der Waals surface area contributed by atoms with Crippen LogP contribution in [0.3, 0.4) is 0 Å². The second kappa shape index (κ2) is 9.36. The average Bonchev–Trinajstić information content (AvgIpc) is 3.41. The summed E-state index contributed by atoms with van der Waals surface area (Å²) in [4.78, 5) is 16.3. The van der Waals surface area contributed by atoms with Crippen molar-refractivity contribution in [3.8, 4) is 11.5 Å². The third-order valence-corrected chi connectivity index (χ3v) is 4.94. The maximum Gasteiger partial charge on any atom is 0.277 e. The van der Waals surface area contributed by atoms with Crippen LogP contribution >= 0.6 is 11.8 Å². The maximum absolute atomic E-state index is 12.0. The molecule has 0 aliphatic rings. The Morgan fingerprint density at radius 2 is 1.97 bits per heavy atom. The molecule has 1 N–H and O–H groups in total. The molecule has 2 aromatic heterocycles. The third kappa shape index (κ3) is 5.32. The minimum Gasteiger partial charge on any atom is -0.411 e. The van der Waals surface area contributed by atoms with Gasteiger partial charge in [-0.1, -0.05) is 52.8 Å². The number of benzene rings is 2. The molecule has 152 valence electrons. The monoisotopic (exact) mass is 421 g/mol. The summed E-state index contributed by atoms with van der Waals surface area (Å²) in [7, 11) is 0. The smallest absolute Gasteiger partial charge is 0.277 e. The lowest BCUT2D eigenvalue weighted by Gasteiger charge is -2.02. The normalized spacial score (nSPS) is 10.8. The average molecular weight is 421 g/mol. The van der Waals surface area contributed by atoms with Gasteiger partial charge in [0, 0.05) is 24.1 Å². The lowest BCUT2D eigenvalue weighted by Crippen LogP contribution is -2.12. The summed E-state index contributed by atoms with van der Waals surface area (Å²) >= 11 is 1.33. The second-order valence-electron chi connectivity index (χ2n) is 6.55. The standard InChI is InChI=1S/C21H19N5O3S/c1-14-6-5-7-15(12-14)20-24-25-21(28-20)30-13-17-23-19(29-26-17)11-10-18(27)22-16-8-3-2-4-9-16/h2-9,12H,10-11,13H2,1H3,(H,22,27). The fourth-order valence-electron chi connectivity index (χ4n) is 2.70. The predicted octanol–water partition coefficient (Wildman–Crippen LogP) is 4.29. The van der Waals surface area contributed by atoms with Crippen molar-refractivity contribution in [1.29, 1.82) is 0 Å². The molecule has 8 nitrogen and oxygen atoms in total. The van der Waals surface area contributed by atoms with Crippen LogP contribution in [0.25, 0.3) is 11.5 Å². The number of hydrogen-bond acceptors (Lipinski definition) is 8. The Labute approximate surface area is 177 Å². The molecule has 2 aromatic carbocycles. The maximum atomic E-state index is 12.0. The summed E-state index contributed by atoms with van der Waals surface area (Å²) in [6.45, 7) is 2.01. The molecule has 30 heavy (non-hydrogen) atoms. The molecule has 4 aromatic rings. The Hall–Kier alpha value is -3.46. The van der Waals surface area contributed by atoms with E-state index in [0.717, 1.165) is 16.8 Å². The van der Waals surface area contributed by atoms with Gasteiger partial charge in [0.1, 0.15) is 0 Å². The van der Waals surface area contributed by atoms with Gasteiger partial charge in [-0.25, -0.2) is 0 Å². The summed E-state index contributed by atoms with van der Waals surface area (Å²) in [5, 5.41) is 15.3. The molecule has 1 amide bonds. The number of para-hydroxylation sites is 1. The van der Waals surface area contributed by atoms with Crippen LogP contribution in [0.5, 0.6) is 0 Å². The van der Waals surface area contributed by atoms with Gasteiger partial charge in [0.05, 0.1) is 5.75 Å². The van der Waals surface area contributed by atoms with E-state index in [0.29, 0.717) is 35.0 Å². The molecule has 4 rings (SSSR count). The Morgan fingerprint density at radius 1 is 1.10 bits per heavy atom. The van der Waals surface area contributed by atoms with Crippen molar-refractivity contribution >= 4 is 23.4 Å². The zero-order valence-corrected chi connectivity index (χ0v) is 17.1. The fraction of sp³-hybridized carbons (Fsp3) is 0.190. The van der Waals surface area contributed by atoms with E-state index in [9.17, 15) is 4.79 Å². The molecular formula is C21H19N5O3S. The van der Waals surface area contributed by atoms with Gasteiger partial charge in [-0.15, -0.1) is 10.2 Å². The van der Waals surface area contributed by atoms with E-state index in [1.807, 2.05) is 61.5 Å². The van der Waals surface area contributed by atoms with Crippen LogP contribution in [0.2, 0.25) is 0 Å². The first-order chi connectivity index (χ1) is 14.7. The number of aryl methyl sites for hydroxylation is 2. The van der Waals surface area contributed by atoms with Gasteiger partial charge >= 0.3 is 0 Å². The van der Waals surface area contributed by atoms with Gasteiger partial charge in [-0.2, -0.15) is 4.98 Å². The van der Waals surface area contributed by atoms with Crippen molar-refractivity contribution in [3.05, 3.63) is 71.9 Å². The van der Waals surface area contributed by atoms with Crippen molar-refractivity contribution in [2.45, 2.75) is 30.7 Å². The molecule has 0 aliphatic carbocycles. The van der Waals surface area contributed by atoms with Gasteiger partial charge in [0.25, 0.3) is 5.22 Å². The van der Waals surface area contributed by atoms with Crippen molar-refractivity contribution in [3.63, 3.8) is 0 Å². The molecule has 0 bridgehead atoms. The number of anilines is 1. The lowest BCUT2D eigenvalue weighted by molar-refractivity contribution is -0.116. The first-order valence-corrected chi connectivity index (χ1v) is 10.3. The third-order valence-electron chi connectivity index (χ3n) is 4.13. The number of nitrogens with one attached hydrogen (secondary N) is 1. The summed E-state index contributed by atoms with van der Waals surface area (Å²) in [5.74, 6) is 1.72. The minimum atomic E-state index is -0.107. The molecular weight excluding hydrogens is 402 g/mol. The minimum absolute atomic E-state index is 0.107. The van der Waals surface area contributed by atoms with Crippen molar-refractivity contribution in [2.24, 2.45) is 0 Å². The Kier molecular flexibility index (Phi) is 6.19. The molecule has 0 aliphatic heterocycles. The molecule has 0 radical (unpaired) electrons. The predicted molar refractivity (Wildman–Crippen MR) is 112 cm³/mol. The van der Waals surface area contributed by atoms with E-state index in [1.165, 1.54) is 11.8 Å². The van der Waals surface area contributed by atoms with Crippen LogP contribution in [0.4, 0.5) is 5.69 Å². The van der Waals surface area contributed by atoms with E-state index in [4.69, 9.17) is 8.94 Å². The van der Waals surface area contributed by atoms with Crippen LogP contribution in [-0.2, 0) is 17.0 Å². The van der Waals surface area contributed by atoms with Crippen molar-refractivity contribution in [2.75, 3.05) is 5.32 Å². The summed E-state index contributed by atoms with van der Waals surface area (Å²) < 4.78 is 10.9. The highest BCUT2D eigenvalue weighted by atomic mass is 32.2. The molecule has 2 heterocycles. The zero-order chi connectivity index (χ0) is 20.8. The lowest BCUT2D eigenvalue weighted by atomic mass is 10.1. The van der Waals surface area contributed by atoms with Crippen LogP contribution in [-0.4, -0.2) is 26.2 Å². The zero-order valence-electron chi connectivity index (χ0n) is 16.2. The largest absolute Gasteiger partial charge is 0.411 e. The van der Waals surface area contributed by atoms with Gasteiger partial charge in [0.15, 0.2) is 5.82 Å². The topological polar surface area (TPSA) is 107 Å². The van der Waals surface area contributed by atoms with E-state index < -0.39 is 0 Å². The number of carbonyl (C=O) groups excluding carboxylic acids is 1. The molecule has 9 heteroatoms. The number of carbonyl (C=O) groups is 1. The number of hydrogen-bond donors (Lipinski definition) is 1. The highest BCUT2D eigenvalue weighted by molar-refractivity contribution is 7.98. The Morgan fingerprint density at radius 3 is 2.80 bits per heavy atom. The van der Waals surface area contributed by atoms with Gasteiger partial charge < -0.3 is 14.3 Å². The molecule has 0 fully saturated rings. The van der Waals surface area contributed by atoms with Crippen LogP contribution < -0.4 is 5.32 Å². The summed E-state index contributed by atoms with van der Waals surface area (Å²) in [5.41, 5.74) is 2.76. The summed E-state index contributed by atoms with van der Waals surface area (Å²) in [6, 6.07) is 17.2.